The number of aryl methyl sites for hydroxylation is 1. The van der Waals surface area contributed by atoms with E-state index in [-0.39, 0.29) is 18.3 Å². The highest BCUT2D eigenvalue weighted by atomic mass is 32.1. The van der Waals surface area contributed by atoms with Crippen LogP contribution in [0.2, 0.25) is 0 Å². The van der Waals surface area contributed by atoms with E-state index in [0.29, 0.717) is 23.5 Å². The number of aromatic nitrogens is 2. The zero-order chi connectivity index (χ0) is 13.5. The van der Waals surface area contributed by atoms with E-state index in [9.17, 15) is 4.79 Å². The summed E-state index contributed by atoms with van der Waals surface area (Å²) in [5, 5.41) is 15.4. The highest BCUT2D eigenvalue weighted by Crippen LogP contribution is 2.14. The van der Waals surface area contributed by atoms with E-state index in [1.807, 2.05) is 13.8 Å². The second kappa shape index (κ2) is 6.90. The van der Waals surface area contributed by atoms with E-state index >= 15 is 0 Å². The van der Waals surface area contributed by atoms with Crippen LogP contribution in [0.15, 0.2) is 5.16 Å². The minimum Gasteiger partial charge on any atom is -0.409 e. The second-order valence-corrected chi connectivity index (χ2v) is 4.47. The molecule has 1 amide bonds. The van der Waals surface area contributed by atoms with Crippen molar-refractivity contribution in [2.45, 2.75) is 26.7 Å². The number of amides is 1. The first-order valence-electron chi connectivity index (χ1n) is 5.70. The van der Waals surface area contributed by atoms with Gasteiger partial charge in [0.2, 0.25) is 0 Å². The third-order valence-corrected chi connectivity index (χ3v) is 3.10. The van der Waals surface area contributed by atoms with E-state index in [2.05, 4.69) is 14.7 Å². The van der Waals surface area contributed by atoms with E-state index in [1.54, 1.807) is 0 Å². The topological polar surface area (TPSA) is 105 Å². The summed E-state index contributed by atoms with van der Waals surface area (Å²) in [4.78, 5) is 14.3. The van der Waals surface area contributed by atoms with Crippen LogP contribution in [-0.4, -0.2) is 44.5 Å². The molecule has 1 heterocycles. The number of carbonyl (C=O) groups is 1. The van der Waals surface area contributed by atoms with Crippen LogP contribution in [-0.2, 0) is 6.42 Å². The van der Waals surface area contributed by atoms with Crippen molar-refractivity contribution in [3.05, 3.63) is 10.6 Å². The molecule has 0 aliphatic rings. The highest BCUT2D eigenvalue weighted by molar-refractivity contribution is 7.08. The molecule has 3 N–H and O–H groups in total. The normalized spacial score (nSPS) is 11.6. The smallest absolute Gasteiger partial charge is 0.267 e. The van der Waals surface area contributed by atoms with Gasteiger partial charge in [-0.25, -0.2) is 0 Å². The minimum absolute atomic E-state index is 0.00678. The number of oxime groups is 1. The van der Waals surface area contributed by atoms with Crippen molar-refractivity contribution in [3.8, 4) is 0 Å². The van der Waals surface area contributed by atoms with Crippen LogP contribution < -0.4 is 5.73 Å². The molecule has 0 saturated carbocycles. The monoisotopic (exact) mass is 271 g/mol. The number of nitrogens with zero attached hydrogens (tertiary/aromatic N) is 4. The molecule has 0 aliphatic heterocycles. The SMILES string of the molecule is CCCN(CC(N)=NO)C(=O)c1snnc1CC. The van der Waals surface area contributed by atoms with Gasteiger partial charge in [0.25, 0.3) is 5.91 Å². The average molecular weight is 271 g/mol. The fourth-order valence-corrected chi connectivity index (χ4v) is 2.21. The summed E-state index contributed by atoms with van der Waals surface area (Å²) in [6, 6.07) is 0. The number of hydrogen-bond acceptors (Lipinski definition) is 6. The first-order chi connectivity index (χ1) is 8.63. The zero-order valence-corrected chi connectivity index (χ0v) is 11.3. The van der Waals surface area contributed by atoms with Crippen molar-refractivity contribution in [2.24, 2.45) is 10.9 Å². The van der Waals surface area contributed by atoms with Crippen molar-refractivity contribution >= 4 is 23.3 Å². The Balaban J connectivity index is 2.88. The molecule has 1 rings (SSSR count). The van der Waals surface area contributed by atoms with Gasteiger partial charge in [-0.05, 0) is 24.4 Å². The Labute approximate surface area is 109 Å². The number of hydrogen-bond donors (Lipinski definition) is 2. The van der Waals surface area contributed by atoms with Crippen LogP contribution in [0.25, 0.3) is 0 Å². The van der Waals surface area contributed by atoms with Gasteiger partial charge in [0.15, 0.2) is 5.84 Å². The molecular weight excluding hydrogens is 254 g/mol. The van der Waals surface area contributed by atoms with Gasteiger partial charge in [-0.3, -0.25) is 4.79 Å². The third-order valence-electron chi connectivity index (χ3n) is 2.35. The van der Waals surface area contributed by atoms with Crippen molar-refractivity contribution in [1.82, 2.24) is 14.5 Å². The maximum absolute atomic E-state index is 12.3. The molecule has 18 heavy (non-hydrogen) atoms. The molecule has 0 aromatic carbocycles. The molecule has 1 aromatic rings. The predicted molar refractivity (Wildman–Crippen MR) is 68.9 cm³/mol. The minimum atomic E-state index is -0.171. The van der Waals surface area contributed by atoms with E-state index < -0.39 is 0 Å². The van der Waals surface area contributed by atoms with Gasteiger partial charge in [0.1, 0.15) is 4.88 Å². The number of nitrogens with two attached hydrogens (primary N) is 1. The van der Waals surface area contributed by atoms with Crippen LogP contribution in [0.4, 0.5) is 0 Å². The fraction of sp³-hybridized carbons (Fsp3) is 0.600. The summed E-state index contributed by atoms with van der Waals surface area (Å²) in [5.74, 6) is -0.164. The standard InChI is InChI=1S/C10H17N5O2S/c1-3-5-15(6-8(11)13-17)10(16)9-7(4-2)12-14-18-9/h17H,3-6H2,1-2H3,(H2,11,13). The first kappa shape index (κ1) is 14.4. The van der Waals surface area contributed by atoms with Crippen LogP contribution in [0.1, 0.15) is 35.6 Å². The molecule has 8 heteroatoms. The van der Waals surface area contributed by atoms with Crippen molar-refractivity contribution in [1.29, 1.82) is 0 Å². The number of rotatable bonds is 6. The zero-order valence-electron chi connectivity index (χ0n) is 10.5. The molecule has 100 valence electrons. The lowest BCUT2D eigenvalue weighted by Crippen LogP contribution is -2.39. The fourth-order valence-electron chi connectivity index (χ4n) is 1.50. The van der Waals surface area contributed by atoms with Crippen LogP contribution in [0, 0.1) is 0 Å². The summed E-state index contributed by atoms with van der Waals surface area (Å²) in [6.07, 6.45) is 1.44. The molecule has 0 atom stereocenters. The quantitative estimate of drug-likeness (QED) is 0.343. The Morgan fingerprint density at radius 3 is 2.83 bits per heavy atom. The lowest BCUT2D eigenvalue weighted by Gasteiger charge is -2.20. The molecule has 0 unspecified atom stereocenters. The Hall–Kier alpha value is -1.70. The summed E-state index contributed by atoms with van der Waals surface area (Å²) in [6.45, 7) is 4.51. The van der Waals surface area contributed by atoms with Gasteiger partial charge in [0.05, 0.1) is 12.2 Å². The lowest BCUT2D eigenvalue weighted by molar-refractivity contribution is 0.0781. The van der Waals surface area contributed by atoms with Gasteiger partial charge < -0.3 is 15.8 Å². The number of amidine groups is 1. The van der Waals surface area contributed by atoms with E-state index in [0.717, 1.165) is 18.0 Å². The lowest BCUT2D eigenvalue weighted by atomic mass is 10.2. The van der Waals surface area contributed by atoms with Gasteiger partial charge >= 0.3 is 0 Å². The Morgan fingerprint density at radius 2 is 2.28 bits per heavy atom. The van der Waals surface area contributed by atoms with E-state index in [1.165, 1.54) is 4.90 Å². The van der Waals surface area contributed by atoms with E-state index in [4.69, 9.17) is 10.9 Å². The maximum Gasteiger partial charge on any atom is 0.267 e. The maximum atomic E-state index is 12.3. The molecule has 1 aromatic heterocycles. The molecule has 0 fully saturated rings. The summed E-state index contributed by atoms with van der Waals surface area (Å²) < 4.78 is 3.79. The third kappa shape index (κ3) is 3.39. The molecule has 0 bridgehead atoms. The van der Waals surface area contributed by atoms with Crippen molar-refractivity contribution in [2.75, 3.05) is 13.1 Å². The Bertz CT molecular complexity index is 432. The molecule has 0 saturated heterocycles. The van der Waals surface area contributed by atoms with Gasteiger partial charge in [-0.1, -0.05) is 23.5 Å². The first-order valence-corrected chi connectivity index (χ1v) is 6.48. The largest absolute Gasteiger partial charge is 0.409 e. The Kier molecular flexibility index (Phi) is 5.50. The van der Waals surface area contributed by atoms with Crippen molar-refractivity contribution < 1.29 is 10.0 Å². The molecule has 0 aliphatic carbocycles. The number of carbonyl (C=O) groups excluding carboxylic acids is 1. The summed E-state index contributed by atoms with van der Waals surface area (Å²) in [7, 11) is 0. The summed E-state index contributed by atoms with van der Waals surface area (Å²) in [5.41, 5.74) is 6.13. The van der Waals surface area contributed by atoms with Gasteiger partial charge in [0, 0.05) is 6.54 Å². The Morgan fingerprint density at radius 1 is 1.56 bits per heavy atom. The van der Waals surface area contributed by atoms with Gasteiger partial charge in [-0.2, -0.15) is 0 Å². The average Bonchev–Trinajstić information content (AvgIpc) is 2.85. The molecule has 0 spiro atoms. The highest BCUT2D eigenvalue weighted by Gasteiger charge is 2.21. The second-order valence-electron chi connectivity index (χ2n) is 3.72. The molecular formula is C10H17N5O2S. The van der Waals surface area contributed by atoms with Crippen LogP contribution in [0.3, 0.4) is 0 Å². The van der Waals surface area contributed by atoms with Crippen molar-refractivity contribution in [3.63, 3.8) is 0 Å². The van der Waals surface area contributed by atoms with Gasteiger partial charge in [-0.15, -0.1) is 5.10 Å². The molecule has 0 radical (unpaired) electrons. The predicted octanol–water partition coefficient (Wildman–Crippen LogP) is 0.699. The van der Waals surface area contributed by atoms with Crippen LogP contribution in [0.5, 0.6) is 0 Å². The van der Waals surface area contributed by atoms with Crippen LogP contribution >= 0.6 is 11.5 Å². The molecule has 7 nitrogen and oxygen atoms in total. The summed E-state index contributed by atoms with van der Waals surface area (Å²) >= 11 is 1.08.